The highest BCUT2D eigenvalue weighted by Gasteiger charge is 2.05. The predicted octanol–water partition coefficient (Wildman–Crippen LogP) is 1.54. The van der Waals surface area contributed by atoms with E-state index < -0.39 is 11.8 Å². The third-order valence-electron chi connectivity index (χ3n) is 1.62. The number of anilines is 1. The Kier molecular flexibility index (Phi) is 3.79. The van der Waals surface area contributed by atoms with Gasteiger partial charge in [0, 0.05) is 0 Å². The highest BCUT2D eigenvalue weighted by molar-refractivity contribution is 5.92. The first-order chi connectivity index (χ1) is 7.09. The summed E-state index contributed by atoms with van der Waals surface area (Å²) in [5.74, 6) is -0.686. The molecule has 0 aliphatic heterocycles. The number of ketones is 1. The molecule has 4 nitrogen and oxygen atoms in total. The minimum absolute atomic E-state index is 0.0692. The molecule has 0 heterocycles. The van der Waals surface area contributed by atoms with E-state index in [1.54, 1.807) is 6.07 Å². The molecule has 2 N–H and O–H groups in total. The Bertz CT molecular complexity index is 379. The number of Topliss-reactive ketones (excluding diaryl/α,β-unsaturated/α-hetero) is 1. The third kappa shape index (κ3) is 3.76. The van der Waals surface area contributed by atoms with Crippen molar-refractivity contribution in [1.29, 1.82) is 0 Å². The number of para-hydroxylation sites is 1. The predicted molar refractivity (Wildman–Crippen MR) is 54.1 cm³/mol. The highest BCUT2D eigenvalue weighted by atomic mass is 19.1. The number of carbonyl (C=O) groups is 2. The molecule has 0 aliphatic rings. The van der Waals surface area contributed by atoms with E-state index in [9.17, 15) is 14.0 Å². The Hall–Kier alpha value is -1.91. The number of halogens is 1. The first-order valence-corrected chi connectivity index (χ1v) is 4.38. The molecule has 2 amide bonds. The van der Waals surface area contributed by atoms with E-state index in [0.29, 0.717) is 0 Å². The van der Waals surface area contributed by atoms with Crippen LogP contribution in [0.4, 0.5) is 14.9 Å². The molecule has 0 spiro atoms. The van der Waals surface area contributed by atoms with E-state index >= 15 is 0 Å². The largest absolute Gasteiger partial charge is 0.331 e. The fourth-order valence-electron chi connectivity index (χ4n) is 0.934. The number of benzene rings is 1. The Morgan fingerprint density at radius 1 is 1.33 bits per heavy atom. The maximum atomic E-state index is 13.0. The first kappa shape index (κ1) is 11.2. The van der Waals surface area contributed by atoms with Crippen LogP contribution >= 0.6 is 0 Å². The zero-order valence-electron chi connectivity index (χ0n) is 8.21. The third-order valence-corrected chi connectivity index (χ3v) is 1.62. The monoisotopic (exact) mass is 210 g/mol. The minimum atomic E-state index is -0.602. The number of rotatable bonds is 3. The van der Waals surface area contributed by atoms with Crippen LogP contribution in [0.25, 0.3) is 0 Å². The van der Waals surface area contributed by atoms with Crippen molar-refractivity contribution in [3.05, 3.63) is 30.1 Å². The van der Waals surface area contributed by atoms with Gasteiger partial charge in [-0.15, -0.1) is 0 Å². The van der Waals surface area contributed by atoms with Crippen LogP contribution in [0.1, 0.15) is 6.92 Å². The lowest BCUT2D eigenvalue weighted by atomic mass is 10.3. The summed E-state index contributed by atoms with van der Waals surface area (Å²) < 4.78 is 13.0. The lowest BCUT2D eigenvalue weighted by Gasteiger charge is -2.06. The second-order valence-electron chi connectivity index (χ2n) is 2.99. The molecule has 80 valence electrons. The average Bonchev–Trinajstić information content (AvgIpc) is 2.18. The Morgan fingerprint density at radius 2 is 2.00 bits per heavy atom. The van der Waals surface area contributed by atoms with E-state index in [1.807, 2.05) is 0 Å². The quantitative estimate of drug-likeness (QED) is 0.794. The van der Waals surface area contributed by atoms with E-state index in [4.69, 9.17) is 0 Å². The van der Waals surface area contributed by atoms with Gasteiger partial charge in [-0.2, -0.15) is 0 Å². The van der Waals surface area contributed by atoms with Gasteiger partial charge in [-0.3, -0.25) is 4.79 Å². The molecule has 0 fully saturated rings. The summed E-state index contributed by atoms with van der Waals surface area (Å²) in [7, 11) is 0. The van der Waals surface area contributed by atoms with Gasteiger partial charge in [0.2, 0.25) is 0 Å². The van der Waals surface area contributed by atoms with Crippen molar-refractivity contribution in [3.8, 4) is 0 Å². The van der Waals surface area contributed by atoms with Crippen LogP contribution < -0.4 is 10.6 Å². The van der Waals surface area contributed by atoms with E-state index in [-0.39, 0.29) is 18.0 Å². The maximum absolute atomic E-state index is 13.0. The van der Waals surface area contributed by atoms with Crippen molar-refractivity contribution in [3.63, 3.8) is 0 Å². The Balaban J connectivity index is 2.52. The second-order valence-corrected chi connectivity index (χ2v) is 2.99. The summed E-state index contributed by atoms with van der Waals surface area (Å²) in [6.45, 7) is 1.28. The molecule has 1 aromatic rings. The van der Waals surface area contributed by atoms with Gasteiger partial charge < -0.3 is 10.6 Å². The zero-order chi connectivity index (χ0) is 11.3. The van der Waals surface area contributed by atoms with Crippen molar-refractivity contribution >= 4 is 17.5 Å². The Morgan fingerprint density at radius 3 is 2.60 bits per heavy atom. The fourth-order valence-corrected chi connectivity index (χ4v) is 0.934. The van der Waals surface area contributed by atoms with Gasteiger partial charge in [-0.1, -0.05) is 12.1 Å². The lowest BCUT2D eigenvalue weighted by Crippen LogP contribution is -2.32. The first-order valence-electron chi connectivity index (χ1n) is 4.38. The van der Waals surface area contributed by atoms with Gasteiger partial charge in [-0.05, 0) is 19.1 Å². The van der Waals surface area contributed by atoms with Crippen molar-refractivity contribution in [2.24, 2.45) is 0 Å². The van der Waals surface area contributed by atoms with Gasteiger partial charge in [0.05, 0.1) is 12.2 Å². The van der Waals surface area contributed by atoms with Crippen LogP contribution in [0.15, 0.2) is 24.3 Å². The molecule has 0 unspecified atom stereocenters. The van der Waals surface area contributed by atoms with Gasteiger partial charge in [0.25, 0.3) is 0 Å². The van der Waals surface area contributed by atoms with Crippen molar-refractivity contribution in [2.75, 3.05) is 11.9 Å². The molecule has 15 heavy (non-hydrogen) atoms. The number of hydrogen-bond acceptors (Lipinski definition) is 2. The average molecular weight is 210 g/mol. The zero-order valence-corrected chi connectivity index (χ0v) is 8.21. The van der Waals surface area contributed by atoms with Crippen molar-refractivity contribution in [1.82, 2.24) is 5.32 Å². The van der Waals surface area contributed by atoms with Crippen molar-refractivity contribution < 1.29 is 14.0 Å². The number of nitrogens with one attached hydrogen (secondary N) is 2. The van der Waals surface area contributed by atoms with Gasteiger partial charge >= 0.3 is 6.03 Å². The van der Waals surface area contributed by atoms with E-state index in [0.717, 1.165) is 0 Å². The lowest BCUT2D eigenvalue weighted by molar-refractivity contribution is -0.116. The van der Waals surface area contributed by atoms with E-state index in [1.165, 1.54) is 25.1 Å². The molecular formula is C10H11FN2O2. The highest BCUT2D eigenvalue weighted by Crippen LogP contribution is 2.11. The van der Waals surface area contributed by atoms with Gasteiger partial charge in [-0.25, -0.2) is 9.18 Å². The summed E-state index contributed by atoms with van der Waals surface area (Å²) in [5.41, 5.74) is 0.0820. The maximum Gasteiger partial charge on any atom is 0.319 e. The van der Waals surface area contributed by atoms with Crippen molar-refractivity contribution in [2.45, 2.75) is 6.92 Å². The second kappa shape index (κ2) is 5.09. The summed E-state index contributed by atoms with van der Waals surface area (Å²) in [4.78, 5) is 21.7. The summed E-state index contributed by atoms with van der Waals surface area (Å²) in [6, 6.07) is 5.19. The summed E-state index contributed by atoms with van der Waals surface area (Å²) in [6.07, 6.45) is 0. The van der Waals surface area contributed by atoms with Crippen LogP contribution in [0, 0.1) is 5.82 Å². The molecule has 5 heteroatoms. The molecule has 0 aromatic heterocycles. The molecule has 1 rings (SSSR count). The van der Waals surface area contributed by atoms with Crippen LogP contribution in [0.5, 0.6) is 0 Å². The Labute approximate surface area is 86.5 Å². The molecule has 0 radical (unpaired) electrons. The smallest absolute Gasteiger partial charge is 0.319 e. The topological polar surface area (TPSA) is 58.2 Å². The van der Waals surface area contributed by atoms with Crippen LogP contribution in [0.2, 0.25) is 0 Å². The standard InChI is InChI=1S/C10H11FN2O2/c1-7(14)6-12-10(15)13-9-5-3-2-4-8(9)11/h2-5H,6H2,1H3,(H2,12,13,15). The number of carbonyl (C=O) groups excluding carboxylic acids is 2. The summed E-state index contributed by atoms with van der Waals surface area (Å²) >= 11 is 0. The molecule has 0 saturated heterocycles. The summed E-state index contributed by atoms with van der Waals surface area (Å²) in [5, 5.41) is 4.58. The van der Waals surface area contributed by atoms with Crippen LogP contribution in [-0.4, -0.2) is 18.4 Å². The van der Waals surface area contributed by atoms with E-state index in [2.05, 4.69) is 10.6 Å². The van der Waals surface area contributed by atoms with Crippen LogP contribution in [0.3, 0.4) is 0 Å². The van der Waals surface area contributed by atoms with Gasteiger partial charge in [0.15, 0.2) is 0 Å². The molecule has 1 aromatic carbocycles. The number of hydrogen-bond donors (Lipinski definition) is 2. The molecule has 0 saturated carbocycles. The molecule has 0 aliphatic carbocycles. The minimum Gasteiger partial charge on any atom is -0.331 e. The molecule has 0 atom stereocenters. The number of urea groups is 1. The molecular weight excluding hydrogens is 199 g/mol. The SMILES string of the molecule is CC(=O)CNC(=O)Nc1ccccc1F. The van der Waals surface area contributed by atoms with Gasteiger partial charge in [0.1, 0.15) is 11.6 Å². The molecule has 0 bridgehead atoms. The fraction of sp³-hybridized carbons (Fsp3) is 0.200. The van der Waals surface area contributed by atoms with Crippen LogP contribution in [-0.2, 0) is 4.79 Å². The number of amides is 2. The normalized spacial score (nSPS) is 9.47.